The molecule has 0 N–H and O–H groups in total. The van der Waals surface area contributed by atoms with Crippen LogP contribution in [0.15, 0.2) is 12.1 Å². The second-order valence-electron chi connectivity index (χ2n) is 6.09. The van der Waals surface area contributed by atoms with E-state index < -0.39 is 46.7 Å². The topological polar surface area (TPSA) is 92.7 Å². The molecule has 0 saturated heterocycles. The molecule has 1 aromatic rings. The molecule has 0 amide bonds. The van der Waals surface area contributed by atoms with Gasteiger partial charge in [0.05, 0.1) is 3.57 Å². The molecule has 1 rings (SSSR count). The van der Waals surface area contributed by atoms with Crippen molar-refractivity contribution in [3.63, 3.8) is 0 Å². The van der Waals surface area contributed by atoms with Crippen molar-refractivity contribution in [1.82, 2.24) is 0 Å². The summed E-state index contributed by atoms with van der Waals surface area (Å²) in [6.45, 7) is 4.55. The van der Waals surface area contributed by atoms with E-state index in [1.165, 1.54) is 49.4 Å². The van der Waals surface area contributed by atoms with Gasteiger partial charge in [-0.15, -0.1) is 0 Å². The Kier molecular flexibility index (Phi) is 7.11. The number of aliphatic carboxylic acids is 1. The zero-order valence-corrected chi connectivity index (χ0v) is 18.2. The van der Waals surface area contributed by atoms with Gasteiger partial charge < -0.3 is 19.4 Å². The fourth-order valence-corrected chi connectivity index (χ4v) is 3.52. The van der Waals surface area contributed by atoms with E-state index in [1.807, 2.05) is 0 Å². The van der Waals surface area contributed by atoms with E-state index in [9.17, 15) is 37.1 Å². The van der Waals surface area contributed by atoms with E-state index in [2.05, 4.69) is 4.74 Å². The molecule has 0 spiro atoms. The summed E-state index contributed by atoms with van der Waals surface area (Å²) in [4.78, 5) is 34.1. The summed E-state index contributed by atoms with van der Waals surface area (Å²) in [6.07, 6.45) is 0. The summed E-state index contributed by atoms with van der Waals surface area (Å²) in [5, 5.41) is 10.2. The average molecular weight is 617 g/mol. The lowest BCUT2D eigenvalue weighted by molar-refractivity contribution is -0.346. The van der Waals surface area contributed by atoms with Gasteiger partial charge in [-0.25, -0.2) is 9.59 Å². The molecule has 0 saturated carbocycles. The van der Waals surface area contributed by atoms with E-state index in [0.717, 1.165) is 6.07 Å². The lowest BCUT2D eigenvalue weighted by Crippen LogP contribution is -2.58. The van der Waals surface area contributed by atoms with Crippen LogP contribution in [0.4, 0.5) is 17.6 Å². The quantitative estimate of drug-likeness (QED) is 0.219. The predicted molar refractivity (Wildman–Crippen MR) is 97.6 cm³/mol. The number of hydrogen-bond acceptors (Lipinski definition) is 6. The zero-order valence-electron chi connectivity index (χ0n) is 13.9. The number of hydrogen-bond donors (Lipinski definition) is 0. The lowest BCUT2D eigenvalue weighted by Gasteiger charge is -2.26. The van der Waals surface area contributed by atoms with Crippen molar-refractivity contribution in [2.75, 3.05) is 0 Å². The molecule has 0 aliphatic rings. The van der Waals surface area contributed by atoms with Crippen LogP contribution in [-0.2, 0) is 14.3 Å². The Bertz CT molecular complexity index is 789. The van der Waals surface area contributed by atoms with Crippen LogP contribution in [0, 0.1) is 7.14 Å². The molecule has 27 heavy (non-hydrogen) atoms. The van der Waals surface area contributed by atoms with Crippen molar-refractivity contribution >= 4 is 63.1 Å². The Labute approximate surface area is 177 Å². The monoisotopic (exact) mass is 617 g/mol. The van der Waals surface area contributed by atoms with Gasteiger partial charge in [-0.05, 0) is 78.1 Å². The molecule has 6 nitrogen and oxygen atoms in total. The van der Waals surface area contributed by atoms with Crippen LogP contribution in [0.2, 0.25) is 0 Å². The minimum absolute atomic E-state index is 0.0405. The number of halogens is 6. The lowest BCUT2D eigenvalue weighted by atomic mass is 10.1. The number of carbonyl (C=O) groups excluding carboxylic acids is 3. The average Bonchev–Trinajstić information content (AvgIpc) is 2.47. The molecule has 0 aliphatic heterocycles. The minimum atomic E-state index is -5.81. The van der Waals surface area contributed by atoms with Crippen LogP contribution in [0.5, 0.6) is 5.75 Å². The van der Waals surface area contributed by atoms with E-state index in [0.29, 0.717) is 3.57 Å². The molecule has 0 fully saturated rings. The van der Waals surface area contributed by atoms with Crippen molar-refractivity contribution in [3.05, 3.63) is 24.8 Å². The van der Waals surface area contributed by atoms with Crippen molar-refractivity contribution < 1.29 is 46.5 Å². The predicted octanol–water partition coefficient (Wildman–Crippen LogP) is 2.78. The molecule has 0 aliphatic carbocycles. The molecule has 0 bridgehead atoms. The van der Waals surface area contributed by atoms with Gasteiger partial charge in [0.25, 0.3) is 0 Å². The zero-order chi connectivity index (χ0) is 21.4. The van der Waals surface area contributed by atoms with E-state index in [1.54, 1.807) is 22.6 Å². The molecule has 0 unspecified atom stereocenters. The third kappa shape index (κ3) is 5.42. The molecule has 0 heterocycles. The highest BCUT2D eigenvalue weighted by atomic mass is 127. The van der Waals surface area contributed by atoms with Crippen LogP contribution in [0.25, 0.3) is 0 Å². The van der Waals surface area contributed by atoms with Gasteiger partial charge in [0.15, 0.2) is 5.75 Å². The van der Waals surface area contributed by atoms with Gasteiger partial charge in [0, 0.05) is 3.57 Å². The number of esters is 2. The third-order valence-corrected chi connectivity index (χ3v) is 4.15. The Morgan fingerprint density at radius 2 is 1.52 bits per heavy atom. The molecule has 0 radical (unpaired) electrons. The standard InChI is InChI=1S/C15H12F4I2O6/c1-13(2,3)27-10(22)7-4-6(20)5-8(21)9(7)26-12(25)15(18,19)14(16,17)11(23)24/h4-5H,1-3H3,(H,23,24)/p-1. The maximum absolute atomic E-state index is 13.6. The normalized spacial score (nSPS) is 12.5. The number of alkyl halides is 4. The number of carbonyl (C=O) groups is 3. The number of rotatable bonds is 5. The van der Waals surface area contributed by atoms with Gasteiger partial charge in [-0.1, -0.05) is 0 Å². The molecular formula is C15H11F4I2O6-. The number of carboxylic acids is 1. The van der Waals surface area contributed by atoms with E-state index in [4.69, 9.17) is 4.74 Å². The van der Waals surface area contributed by atoms with Crippen molar-refractivity contribution in [3.8, 4) is 5.75 Å². The Morgan fingerprint density at radius 3 is 1.96 bits per heavy atom. The largest absolute Gasteiger partial charge is 0.544 e. The van der Waals surface area contributed by atoms with Crippen LogP contribution >= 0.6 is 45.2 Å². The van der Waals surface area contributed by atoms with Gasteiger partial charge in [0.1, 0.15) is 17.1 Å². The van der Waals surface area contributed by atoms with Crippen molar-refractivity contribution in [2.24, 2.45) is 0 Å². The highest BCUT2D eigenvalue weighted by molar-refractivity contribution is 14.1. The van der Waals surface area contributed by atoms with Gasteiger partial charge in [0.2, 0.25) is 0 Å². The minimum Gasteiger partial charge on any atom is -0.544 e. The van der Waals surface area contributed by atoms with Crippen LogP contribution in [0.1, 0.15) is 31.1 Å². The van der Waals surface area contributed by atoms with Gasteiger partial charge >= 0.3 is 23.8 Å². The molecule has 0 aromatic heterocycles. The van der Waals surface area contributed by atoms with Crippen LogP contribution < -0.4 is 9.84 Å². The first-order valence-corrected chi connectivity index (χ1v) is 9.08. The third-order valence-electron chi connectivity index (χ3n) is 2.73. The maximum atomic E-state index is 13.6. The molecular weight excluding hydrogens is 606 g/mol. The molecule has 150 valence electrons. The highest BCUT2D eigenvalue weighted by Gasteiger charge is 2.65. The fraction of sp³-hybridized carbons (Fsp3) is 0.400. The highest BCUT2D eigenvalue weighted by Crippen LogP contribution is 2.37. The van der Waals surface area contributed by atoms with E-state index >= 15 is 0 Å². The van der Waals surface area contributed by atoms with Crippen LogP contribution in [0.3, 0.4) is 0 Å². The second kappa shape index (κ2) is 8.05. The summed E-state index contributed by atoms with van der Waals surface area (Å²) in [7, 11) is 0. The van der Waals surface area contributed by atoms with Crippen molar-refractivity contribution in [1.29, 1.82) is 0 Å². The van der Waals surface area contributed by atoms with Crippen LogP contribution in [-0.4, -0.2) is 35.4 Å². The number of carboxylic acid groups (broad SMARTS) is 1. The smallest absolute Gasteiger partial charge is 0.410 e. The molecule has 0 atom stereocenters. The Morgan fingerprint density at radius 1 is 1.00 bits per heavy atom. The Balaban J connectivity index is 3.37. The van der Waals surface area contributed by atoms with Crippen molar-refractivity contribution in [2.45, 2.75) is 38.2 Å². The second-order valence-corrected chi connectivity index (χ2v) is 8.50. The summed E-state index contributed by atoms with van der Waals surface area (Å²) in [5.41, 5.74) is -1.46. The summed E-state index contributed by atoms with van der Waals surface area (Å²) in [5.74, 6) is -19.7. The number of benzene rings is 1. The fourth-order valence-electron chi connectivity index (χ4n) is 1.56. The summed E-state index contributed by atoms with van der Waals surface area (Å²) in [6, 6.07) is 2.45. The first-order chi connectivity index (χ1) is 12.0. The first-order valence-electron chi connectivity index (χ1n) is 6.92. The molecule has 12 heteroatoms. The van der Waals surface area contributed by atoms with Gasteiger partial charge in [-0.3, -0.25) is 0 Å². The number of ether oxygens (including phenoxy) is 2. The first kappa shape index (κ1) is 23.8. The summed E-state index contributed by atoms with van der Waals surface area (Å²) < 4.78 is 63.2. The van der Waals surface area contributed by atoms with Gasteiger partial charge in [-0.2, -0.15) is 17.6 Å². The van der Waals surface area contributed by atoms with E-state index in [-0.39, 0.29) is 3.57 Å². The Hall–Kier alpha value is -1.19. The summed E-state index contributed by atoms with van der Waals surface area (Å²) >= 11 is 3.31. The molecule has 1 aromatic carbocycles. The SMILES string of the molecule is CC(C)(C)OC(=O)c1cc(I)cc(I)c1OC(=O)C(F)(F)C(F)(F)C(=O)[O-]. The maximum Gasteiger partial charge on any atom is 0.410 e.